The van der Waals surface area contributed by atoms with Crippen molar-refractivity contribution < 1.29 is 5.11 Å². The zero-order valence-corrected chi connectivity index (χ0v) is 15.1. The molecule has 0 bridgehead atoms. The maximum Gasteiger partial charge on any atom is 0.0629 e. The van der Waals surface area contributed by atoms with Crippen LogP contribution < -0.4 is 0 Å². The minimum Gasteiger partial charge on any atom is -0.394 e. The van der Waals surface area contributed by atoms with Gasteiger partial charge in [0.05, 0.1) is 12.6 Å². The molecule has 0 aliphatic carbocycles. The quantitative estimate of drug-likeness (QED) is 0.882. The molecule has 124 valence electrons. The third kappa shape index (κ3) is 4.15. The molecule has 0 spiro atoms. The van der Waals surface area contributed by atoms with Gasteiger partial charge in [0.25, 0.3) is 0 Å². The van der Waals surface area contributed by atoms with Gasteiger partial charge in [-0.15, -0.1) is 0 Å². The summed E-state index contributed by atoms with van der Waals surface area (Å²) in [6.45, 7) is 10.8. The number of piperazine rings is 1. The van der Waals surface area contributed by atoms with Gasteiger partial charge in [-0.3, -0.25) is 4.90 Å². The Labute approximate surface area is 143 Å². The van der Waals surface area contributed by atoms with Crippen LogP contribution in [-0.2, 0) is 0 Å². The highest BCUT2D eigenvalue weighted by molar-refractivity contribution is 6.36. The first-order valence-corrected chi connectivity index (χ1v) is 8.72. The first kappa shape index (κ1) is 18.0. The molecular weight excluding hydrogens is 319 g/mol. The molecule has 1 heterocycles. The average Bonchev–Trinajstić information content (AvgIpc) is 2.43. The molecule has 1 fully saturated rings. The van der Waals surface area contributed by atoms with E-state index in [1.54, 1.807) is 0 Å². The summed E-state index contributed by atoms with van der Waals surface area (Å²) in [5, 5.41) is 11.2. The second kappa shape index (κ2) is 7.98. The summed E-state index contributed by atoms with van der Waals surface area (Å²) in [7, 11) is 0. The maximum atomic E-state index is 9.94. The molecule has 1 aromatic rings. The van der Waals surface area contributed by atoms with Crippen LogP contribution in [0.15, 0.2) is 18.2 Å². The fourth-order valence-corrected chi connectivity index (χ4v) is 4.03. The van der Waals surface area contributed by atoms with Crippen LogP contribution in [0.1, 0.15) is 32.4 Å². The van der Waals surface area contributed by atoms with E-state index in [2.05, 4.69) is 30.6 Å². The highest BCUT2D eigenvalue weighted by Gasteiger charge is 2.32. The molecule has 0 aromatic heterocycles. The average molecular weight is 345 g/mol. The molecule has 2 rings (SSSR count). The van der Waals surface area contributed by atoms with Gasteiger partial charge in [-0.1, -0.05) is 43.1 Å². The van der Waals surface area contributed by atoms with Crippen LogP contribution in [-0.4, -0.2) is 53.7 Å². The minimum absolute atomic E-state index is 0.0258. The van der Waals surface area contributed by atoms with Crippen molar-refractivity contribution >= 4 is 23.2 Å². The fourth-order valence-electron chi connectivity index (χ4n) is 3.38. The lowest BCUT2D eigenvalue weighted by Gasteiger charge is -2.44. The Kier molecular flexibility index (Phi) is 6.54. The van der Waals surface area contributed by atoms with Gasteiger partial charge in [0.15, 0.2) is 0 Å². The molecule has 2 unspecified atom stereocenters. The topological polar surface area (TPSA) is 26.7 Å². The Morgan fingerprint density at radius 3 is 2.36 bits per heavy atom. The number of aliphatic hydroxyl groups is 1. The molecule has 1 aliphatic heterocycles. The van der Waals surface area contributed by atoms with Crippen molar-refractivity contribution in [3.8, 4) is 0 Å². The first-order chi connectivity index (χ1) is 10.4. The van der Waals surface area contributed by atoms with Gasteiger partial charge in [0.2, 0.25) is 0 Å². The maximum absolute atomic E-state index is 9.94. The Morgan fingerprint density at radius 2 is 1.86 bits per heavy atom. The Bertz CT molecular complexity index is 475. The highest BCUT2D eigenvalue weighted by Crippen LogP contribution is 2.35. The molecule has 0 radical (unpaired) electrons. The smallest absolute Gasteiger partial charge is 0.0629 e. The van der Waals surface area contributed by atoms with E-state index in [-0.39, 0.29) is 12.6 Å². The van der Waals surface area contributed by atoms with Crippen LogP contribution in [0.3, 0.4) is 0 Å². The Morgan fingerprint density at radius 1 is 1.23 bits per heavy atom. The summed E-state index contributed by atoms with van der Waals surface area (Å²) < 4.78 is 0. The summed E-state index contributed by atoms with van der Waals surface area (Å²) in [6.07, 6.45) is 0. The fraction of sp³-hybridized carbons (Fsp3) is 0.647. The number of nitrogens with zero attached hydrogens (tertiary/aromatic N) is 2. The van der Waals surface area contributed by atoms with E-state index >= 15 is 0 Å². The van der Waals surface area contributed by atoms with Crippen LogP contribution in [0.2, 0.25) is 10.0 Å². The van der Waals surface area contributed by atoms with Gasteiger partial charge in [-0.05, 0) is 25.0 Å². The van der Waals surface area contributed by atoms with Crippen LogP contribution >= 0.6 is 23.2 Å². The normalized spacial score (nSPS) is 22.2. The Balaban J connectivity index is 2.15. The van der Waals surface area contributed by atoms with Crippen molar-refractivity contribution in [1.82, 2.24) is 9.80 Å². The third-order valence-electron chi connectivity index (χ3n) is 4.29. The zero-order chi connectivity index (χ0) is 16.3. The number of aliphatic hydroxyl groups excluding tert-OH is 1. The van der Waals surface area contributed by atoms with Crippen LogP contribution in [0.4, 0.5) is 0 Å². The van der Waals surface area contributed by atoms with Crippen molar-refractivity contribution in [3.63, 3.8) is 0 Å². The summed E-state index contributed by atoms with van der Waals surface area (Å²) >= 11 is 12.7. The van der Waals surface area contributed by atoms with Crippen molar-refractivity contribution in [2.24, 2.45) is 5.92 Å². The van der Waals surface area contributed by atoms with Gasteiger partial charge in [0.1, 0.15) is 0 Å². The number of hydrogen-bond donors (Lipinski definition) is 1. The standard InChI is InChI=1S/C17H26Cl2N2O/c1-12(2)9-20-7-8-21(13(3)10-20)16(11-22)17-14(18)5-4-6-15(17)19/h4-6,12-13,16,22H,7-11H2,1-3H3. The van der Waals surface area contributed by atoms with Crippen molar-refractivity contribution in [2.75, 3.05) is 32.8 Å². The van der Waals surface area contributed by atoms with E-state index in [4.69, 9.17) is 23.2 Å². The Hall–Kier alpha value is -0.320. The molecule has 0 saturated carbocycles. The van der Waals surface area contributed by atoms with E-state index in [1.807, 2.05) is 18.2 Å². The SMILES string of the molecule is CC(C)CN1CCN(C(CO)c2c(Cl)cccc2Cl)C(C)C1. The summed E-state index contributed by atoms with van der Waals surface area (Å²) in [6, 6.07) is 5.73. The number of hydrogen-bond acceptors (Lipinski definition) is 3. The first-order valence-electron chi connectivity index (χ1n) is 7.96. The van der Waals surface area contributed by atoms with E-state index in [1.165, 1.54) is 0 Å². The van der Waals surface area contributed by atoms with Crippen molar-refractivity contribution in [3.05, 3.63) is 33.8 Å². The molecule has 1 saturated heterocycles. The molecule has 22 heavy (non-hydrogen) atoms. The molecule has 1 N–H and O–H groups in total. The number of rotatable bonds is 5. The monoisotopic (exact) mass is 344 g/mol. The molecule has 3 nitrogen and oxygen atoms in total. The van der Waals surface area contributed by atoms with Gasteiger partial charge >= 0.3 is 0 Å². The molecule has 1 aromatic carbocycles. The summed E-state index contributed by atoms with van der Waals surface area (Å²) in [4.78, 5) is 4.82. The lowest BCUT2D eigenvalue weighted by Crippen LogP contribution is -2.54. The molecule has 1 aliphatic rings. The predicted molar refractivity (Wildman–Crippen MR) is 93.7 cm³/mol. The second-order valence-corrected chi connectivity index (χ2v) is 7.39. The molecular formula is C17H26Cl2N2O. The lowest BCUT2D eigenvalue weighted by molar-refractivity contribution is 0.0216. The van der Waals surface area contributed by atoms with E-state index in [0.717, 1.165) is 31.7 Å². The van der Waals surface area contributed by atoms with E-state index in [0.29, 0.717) is 22.0 Å². The number of halogens is 2. The van der Waals surface area contributed by atoms with Gasteiger partial charge in [-0.2, -0.15) is 0 Å². The summed E-state index contributed by atoms with van der Waals surface area (Å²) in [5.41, 5.74) is 0.845. The lowest BCUT2D eigenvalue weighted by atomic mass is 10.0. The predicted octanol–water partition coefficient (Wildman–Crippen LogP) is 3.69. The van der Waals surface area contributed by atoms with Crippen molar-refractivity contribution in [1.29, 1.82) is 0 Å². The number of benzene rings is 1. The van der Waals surface area contributed by atoms with Gasteiger partial charge < -0.3 is 10.0 Å². The van der Waals surface area contributed by atoms with E-state index in [9.17, 15) is 5.11 Å². The largest absolute Gasteiger partial charge is 0.394 e. The minimum atomic E-state index is -0.141. The molecule has 2 atom stereocenters. The van der Waals surface area contributed by atoms with Gasteiger partial charge in [0, 0.05) is 47.8 Å². The van der Waals surface area contributed by atoms with Crippen LogP contribution in [0, 0.1) is 5.92 Å². The molecule has 5 heteroatoms. The van der Waals surface area contributed by atoms with Crippen LogP contribution in [0.5, 0.6) is 0 Å². The third-order valence-corrected chi connectivity index (χ3v) is 4.95. The van der Waals surface area contributed by atoms with Gasteiger partial charge in [-0.25, -0.2) is 0 Å². The van der Waals surface area contributed by atoms with Crippen LogP contribution in [0.25, 0.3) is 0 Å². The zero-order valence-electron chi connectivity index (χ0n) is 13.6. The molecule has 0 amide bonds. The van der Waals surface area contributed by atoms with E-state index < -0.39 is 0 Å². The second-order valence-electron chi connectivity index (χ2n) is 6.57. The summed E-state index contributed by atoms with van der Waals surface area (Å²) in [5.74, 6) is 0.672. The highest BCUT2D eigenvalue weighted by atomic mass is 35.5. The van der Waals surface area contributed by atoms with Crippen molar-refractivity contribution in [2.45, 2.75) is 32.9 Å².